The number of rotatable bonds is 1. The number of hydrogen-bond acceptors (Lipinski definition) is 0. The summed E-state index contributed by atoms with van der Waals surface area (Å²) in [7, 11) is 0. The number of aryl methyl sites for hydroxylation is 1. The predicted molar refractivity (Wildman–Crippen MR) is 76.3 cm³/mol. The standard InChI is InChI=1S/C17H14/c1-3-13-5-9-16-15(11-13)8-7-14-6-4-12(2)10-17(14)16/h3-11H,1H2,2H3. The molecule has 0 N–H and O–H groups in total. The van der Waals surface area contributed by atoms with E-state index in [-0.39, 0.29) is 0 Å². The maximum absolute atomic E-state index is 3.81. The largest absolute Gasteiger partial charge is 0.0985 e. The van der Waals surface area contributed by atoms with Crippen LogP contribution in [0.25, 0.3) is 27.6 Å². The van der Waals surface area contributed by atoms with Crippen molar-refractivity contribution < 1.29 is 0 Å². The van der Waals surface area contributed by atoms with Gasteiger partial charge in [-0.2, -0.15) is 0 Å². The fraction of sp³-hybridized carbons (Fsp3) is 0.0588. The first-order valence-corrected chi connectivity index (χ1v) is 5.83. The third-order valence-corrected chi connectivity index (χ3v) is 3.25. The lowest BCUT2D eigenvalue weighted by Gasteiger charge is -2.06. The maximum Gasteiger partial charge on any atom is -0.0103 e. The Morgan fingerprint density at radius 1 is 0.824 bits per heavy atom. The van der Waals surface area contributed by atoms with Gasteiger partial charge < -0.3 is 0 Å². The summed E-state index contributed by atoms with van der Waals surface area (Å²) in [5.41, 5.74) is 2.47. The van der Waals surface area contributed by atoms with E-state index in [1.165, 1.54) is 32.7 Å². The van der Waals surface area contributed by atoms with E-state index < -0.39 is 0 Å². The SMILES string of the molecule is C=Cc1ccc2c(ccc3ccc(C)cc32)c1. The molecule has 0 heterocycles. The average molecular weight is 218 g/mol. The summed E-state index contributed by atoms with van der Waals surface area (Å²) in [5, 5.41) is 5.23. The summed E-state index contributed by atoms with van der Waals surface area (Å²) >= 11 is 0. The Hall–Kier alpha value is -2.08. The van der Waals surface area contributed by atoms with Crippen LogP contribution in [0.5, 0.6) is 0 Å². The van der Waals surface area contributed by atoms with Crippen molar-refractivity contribution in [2.24, 2.45) is 0 Å². The van der Waals surface area contributed by atoms with Crippen molar-refractivity contribution >= 4 is 27.6 Å². The van der Waals surface area contributed by atoms with Crippen molar-refractivity contribution in [1.29, 1.82) is 0 Å². The summed E-state index contributed by atoms with van der Waals surface area (Å²) < 4.78 is 0. The van der Waals surface area contributed by atoms with Crippen molar-refractivity contribution in [1.82, 2.24) is 0 Å². The minimum atomic E-state index is 1.17. The number of fused-ring (bicyclic) bond motifs is 3. The highest BCUT2D eigenvalue weighted by Crippen LogP contribution is 2.27. The van der Waals surface area contributed by atoms with Crippen LogP contribution in [0.4, 0.5) is 0 Å². The lowest BCUT2D eigenvalue weighted by atomic mass is 9.99. The van der Waals surface area contributed by atoms with Gasteiger partial charge in [0.15, 0.2) is 0 Å². The van der Waals surface area contributed by atoms with E-state index in [1.54, 1.807) is 0 Å². The Kier molecular flexibility index (Phi) is 2.22. The Morgan fingerprint density at radius 3 is 2.41 bits per heavy atom. The molecule has 0 fully saturated rings. The van der Waals surface area contributed by atoms with E-state index in [0.29, 0.717) is 0 Å². The normalized spacial score (nSPS) is 10.9. The summed E-state index contributed by atoms with van der Waals surface area (Å²) in [6, 6.07) is 17.5. The second-order valence-electron chi connectivity index (χ2n) is 4.47. The van der Waals surface area contributed by atoms with Crippen molar-refractivity contribution in [3.63, 3.8) is 0 Å². The van der Waals surface area contributed by atoms with Crippen LogP contribution in [0.1, 0.15) is 11.1 Å². The molecule has 0 aliphatic carbocycles. The first-order chi connectivity index (χ1) is 8.28. The molecule has 82 valence electrons. The molecule has 3 rings (SSSR count). The summed E-state index contributed by atoms with van der Waals surface area (Å²) in [6.07, 6.45) is 1.89. The molecule has 0 atom stereocenters. The molecule has 0 unspecified atom stereocenters. The molecule has 0 radical (unpaired) electrons. The molecule has 0 saturated heterocycles. The van der Waals surface area contributed by atoms with Crippen LogP contribution in [-0.2, 0) is 0 Å². The third-order valence-electron chi connectivity index (χ3n) is 3.25. The van der Waals surface area contributed by atoms with Gasteiger partial charge in [-0.1, -0.05) is 60.7 Å². The predicted octanol–water partition coefficient (Wildman–Crippen LogP) is 4.94. The molecule has 0 aromatic heterocycles. The monoisotopic (exact) mass is 218 g/mol. The van der Waals surface area contributed by atoms with Crippen molar-refractivity contribution in [2.75, 3.05) is 0 Å². The quantitative estimate of drug-likeness (QED) is 0.507. The summed E-state index contributed by atoms with van der Waals surface area (Å²) in [6.45, 7) is 5.95. The summed E-state index contributed by atoms with van der Waals surface area (Å²) in [4.78, 5) is 0. The molecule has 0 nitrogen and oxygen atoms in total. The van der Waals surface area contributed by atoms with Gasteiger partial charge in [0, 0.05) is 0 Å². The third kappa shape index (κ3) is 1.62. The van der Waals surface area contributed by atoms with Gasteiger partial charge in [-0.3, -0.25) is 0 Å². The molecule has 0 bridgehead atoms. The van der Waals surface area contributed by atoms with Crippen LogP contribution in [0, 0.1) is 6.92 Å². The van der Waals surface area contributed by atoms with E-state index in [2.05, 4.69) is 62.0 Å². The lowest BCUT2D eigenvalue weighted by Crippen LogP contribution is -1.80. The maximum atomic E-state index is 3.81. The Balaban J connectivity index is 2.46. The van der Waals surface area contributed by atoms with Crippen LogP contribution in [0.15, 0.2) is 55.1 Å². The molecule has 0 saturated carbocycles. The second kappa shape index (κ2) is 3.74. The zero-order chi connectivity index (χ0) is 11.8. The Bertz CT molecular complexity index is 721. The number of hydrogen-bond donors (Lipinski definition) is 0. The van der Waals surface area contributed by atoms with E-state index >= 15 is 0 Å². The first-order valence-electron chi connectivity index (χ1n) is 5.83. The first kappa shape index (κ1) is 10.1. The van der Waals surface area contributed by atoms with E-state index in [4.69, 9.17) is 0 Å². The molecule has 0 aliphatic rings. The van der Waals surface area contributed by atoms with Gasteiger partial charge in [0.05, 0.1) is 0 Å². The highest BCUT2D eigenvalue weighted by Gasteiger charge is 2.01. The van der Waals surface area contributed by atoms with Gasteiger partial charge in [-0.25, -0.2) is 0 Å². The molecule has 0 spiro atoms. The van der Waals surface area contributed by atoms with Crippen LogP contribution in [0.2, 0.25) is 0 Å². The topological polar surface area (TPSA) is 0 Å². The number of benzene rings is 3. The van der Waals surface area contributed by atoms with Gasteiger partial charge in [0.1, 0.15) is 0 Å². The van der Waals surface area contributed by atoms with E-state index in [9.17, 15) is 0 Å². The van der Waals surface area contributed by atoms with Crippen molar-refractivity contribution in [2.45, 2.75) is 6.92 Å². The molecule has 17 heavy (non-hydrogen) atoms. The fourth-order valence-electron chi connectivity index (χ4n) is 2.32. The van der Waals surface area contributed by atoms with Crippen LogP contribution >= 0.6 is 0 Å². The zero-order valence-corrected chi connectivity index (χ0v) is 9.90. The molecular formula is C17H14. The van der Waals surface area contributed by atoms with E-state index in [1.807, 2.05) is 6.08 Å². The molecule has 0 heteroatoms. The average Bonchev–Trinajstić information content (AvgIpc) is 2.37. The Morgan fingerprint density at radius 2 is 1.59 bits per heavy atom. The van der Waals surface area contributed by atoms with E-state index in [0.717, 1.165) is 0 Å². The van der Waals surface area contributed by atoms with Crippen molar-refractivity contribution in [3.8, 4) is 0 Å². The Labute approximate surface area is 101 Å². The van der Waals surface area contributed by atoms with Gasteiger partial charge in [-0.15, -0.1) is 0 Å². The van der Waals surface area contributed by atoms with Gasteiger partial charge >= 0.3 is 0 Å². The highest BCUT2D eigenvalue weighted by atomic mass is 14.0. The lowest BCUT2D eigenvalue weighted by molar-refractivity contribution is 1.51. The minimum absolute atomic E-state index is 1.17. The minimum Gasteiger partial charge on any atom is -0.0985 e. The van der Waals surface area contributed by atoms with Crippen LogP contribution in [-0.4, -0.2) is 0 Å². The molecule has 0 aliphatic heterocycles. The van der Waals surface area contributed by atoms with Gasteiger partial charge in [-0.05, 0) is 40.1 Å². The smallest absolute Gasteiger partial charge is 0.0103 e. The van der Waals surface area contributed by atoms with Crippen LogP contribution < -0.4 is 0 Å². The molecule has 3 aromatic rings. The van der Waals surface area contributed by atoms with Crippen molar-refractivity contribution in [3.05, 3.63) is 66.2 Å². The summed E-state index contributed by atoms with van der Waals surface area (Å²) in [5.74, 6) is 0. The molecule has 3 aromatic carbocycles. The van der Waals surface area contributed by atoms with Gasteiger partial charge in [0.2, 0.25) is 0 Å². The molecular weight excluding hydrogens is 204 g/mol. The van der Waals surface area contributed by atoms with Crippen LogP contribution in [0.3, 0.4) is 0 Å². The second-order valence-corrected chi connectivity index (χ2v) is 4.47. The fourth-order valence-corrected chi connectivity index (χ4v) is 2.32. The van der Waals surface area contributed by atoms with Gasteiger partial charge in [0.25, 0.3) is 0 Å². The molecule has 0 amide bonds. The highest BCUT2D eigenvalue weighted by molar-refractivity contribution is 6.08. The zero-order valence-electron chi connectivity index (χ0n) is 9.90.